The van der Waals surface area contributed by atoms with Crippen LogP contribution in [-0.4, -0.2) is 51.2 Å². The van der Waals surface area contributed by atoms with E-state index in [0.29, 0.717) is 34.4 Å². The lowest BCUT2D eigenvalue weighted by Crippen LogP contribution is -2.52. The van der Waals surface area contributed by atoms with E-state index in [-0.39, 0.29) is 7.34 Å². The van der Waals surface area contributed by atoms with E-state index < -0.39 is 24.7 Å². The molecule has 0 radical (unpaired) electrons. The van der Waals surface area contributed by atoms with Gasteiger partial charge >= 0.3 is 6.18 Å². The molecule has 0 aliphatic heterocycles. The van der Waals surface area contributed by atoms with Gasteiger partial charge in [-0.05, 0) is 24.5 Å². The summed E-state index contributed by atoms with van der Waals surface area (Å²) in [5.74, 6) is -0.104. The number of pyridine rings is 1. The predicted octanol–water partition coefficient (Wildman–Crippen LogP) is 5.23. The first-order valence-corrected chi connectivity index (χ1v) is 11.1. The van der Waals surface area contributed by atoms with Gasteiger partial charge in [0.2, 0.25) is 5.91 Å². The monoisotopic (exact) mass is 484 g/mol. The SMILES string of the molecule is CCCCN(c1ccnc(-c2c[nH]c3ncc(Cl)cc23)n1)[C@@H](C(=O)NCC(F)(F)F)C(C)C.[HH]. The zero-order valence-electron chi connectivity index (χ0n) is 18.6. The summed E-state index contributed by atoms with van der Waals surface area (Å²) in [5.41, 5.74) is 1.30. The van der Waals surface area contributed by atoms with Crippen molar-refractivity contribution in [2.75, 3.05) is 18.0 Å². The van der Waals surface area contributed by atoms with E-state index in [1.807, 2.05) is 12.2 Å². The summed E-state index contributed by atoms with van der Waals surface area (Å²) in [6.45, 7) is 4.67. The number of hydrogen-bond acceptors (Lipinski definition) is 5. The van der Waals surface area contributed by atoms with Crippen LogP contribution in [0.3, 0.4) is 0 Å². The molecule has 0 aromatic carbocycles. The fourth-order valence-electron chi connectivity index (χ4n) is 3.62. The van der Waals surface area contributed by atoms with Crippen molar-refractivity contribution in [2.24, 2.45) is 5.92 Å². The molecule has 3 aromatic rings. The van der Waals surface area contributed by atoms with E-state index in [1.54, 1.807) is 43.3 Å². The molecular weight excluding hydrogens is 457 g/mol. The van der Waals surface area contributed by atoms with E-state index in [0.717, 1.165) is 18.2 Å². The molecule has 0 bridgehead atoms. The van der Waals surface area contributed by atoms with Crippen molar-refractivity contribution >= 4 is 34.4 Å². The molecule has 3 aromatic heterocycles. The number of rotatable bonds is 9. The number of halogens is 4. The second-order valence-corrected chi connectivity index (χ2v) is 8.50. The fraction of sp³-hybridized carbons (Fsp3) is 0.455. The van der Waals surface area contributed by atoms with Gasteiger partial charge in [-0.1, -0.05) is 38.8 Å². The number of anilines is 1. The Morgan fingerprint density at radius 1 is 1.33 bits per heavy atom. The maximum Gasteiger partial charge on any atom is 0.405 e. The highest BCUT2D eigenvalue weighted by Gasteiger charge is 2.34. The number of nitrogens with zero attached hydrogens (tertiary/aromatic N) is 4. The Labute approximate surface area is 196 Å². The Kier molecular flexibility index (Phi) is 7.78. The normalized spacial score (nSPS) is 12.8. The van der Waals surface area contributed by atoms with Crippen LogP contribution in [0.25, 0.3) is 22.4 Å². The Bertz CT molecular complexity index is 1110. The van der Waals surface area contributed by atoms with Gasteiger partial charge in [-0.15, -0.1) is 0 Å². The number of hydrogen-bond donors (Lipinski definition) is 2. The molecule has 2 N–H and O–H groups in total. The minimum absolute atomic E-state index is 0. The summed E-state index contributed by atoms with van der Waals surface area (Å²) in [4.78, 5) is 30.9. The van der Waals surface area contributed by atoms with Gasteiger partial charge in [0, 0.05) is 37.5 Å². The van der Waals surface area contributed by atoms with Crippen molar-refractivity contribution in [3.63, 3.8) is 0 Å². The van der Waals surface area contributed by atoms with E-state index >= 15 is 0 Å². The Balaban J connectivity index is 0.00000408. The zero-order valence-corrected chi connectivity index (χ0v) is 19.3. The highest BCUT2D eigenvalue weighted by Crippen LogP contribution is 2.29. The lowest BCUT2D eigenvalue weighted by Gasteiger charge is -2.34. The van der Waals surface area contributed by atoms with Crippen molar-refractivity contribution in [3.05, 3.63) is 35.7 Å². The Morgan fingerprint density at radius 2 is 2.09 bits per heavy atom. The number of unbranched alkanes of at least 4 members (excludes halogenated alkanes) is 1. The van der Waals surface area contributed by atoms with Crippen LogP contribution in [-0.2, 0) is 4.79 Å². The number of alkyl halides is 3. The number of aromatic nitrogens is 4. The predicted molar refractivity (Wildman–Crippen MR) is 124 cm³/mol. The maximum absolute atomic E-state index is 12.8. The van der Waals surface area contributed by atoms with E-state index in [2.05, 4.69) is 19.9 Å². The lowest BCUT2D eigenvalue weighted by atomic mass is 10.0. The average molecular weight is 485 g/mol. The smallest absolute Gasteiger partial charge is 0.345 e. The molecule has 0 unspecified atom stereocenters. The molecule has 0 fully saturated rings. The highest BCUT2D eigenvalue weighted by molar-refractivity contribution is 6.31. The molecule has 180 valence electrons. The van der Waals surface area contributed by atoms with Gasteiger partial charge in [0.25, 0.3) is 0 Å². The molecule has 1 atom stereocenters. The summed E-state index contributed by atoms with van der Waals surface area (Å²) in [7, 11) is 0. The van der Waals surface area contributed by atoms with Gasteiger partial charge < -0.3 is 15.2 Å². The second-order valence-electron chi connectivity index (χ2n) is 8.06. The first kappa shape index (κ1) is 24.8. The van der Waals surface area contributed by atoms with Crippen LogP contribution in [0.4, 0.5) is 19.0 Å². The molecule has 0 saturated carbocycles. The van der Waals surface area contributed by atoms with Gasteiger partial charge in [-0.2, -0.15) is 13.2 Å². The first-order chi connectivity index (χ1) is 15.6. The third-order valence-electron chi connectivity index (χ3n) is 5.13. The van der Waals surface area contributed by atoms with Gasteiger partial charge in [0.15, 0.2) is 5.82 Å². The minimum atomic E-state index is -4.49. The van der Waals surface area contributed by atoms with Gasteiger partial charge in [-0.3, -0.25) is 4.79 Å². The molecular formula is C22H28ClF3N6O. The van der Waals surface area contributed by atoms with E-state index in [4.69, 9.17) is 11.6 Å². The maximum atomic E-state index is 12.8. The standard InChI is InChI=1S/C22H26ClF3N6O.H2/c1-4-5-8-32(18(13(2)3)21(33)30-12-22(24,25)26)17-6-7-27-20(31-17)16-11-29-19-15(16)9-14(23)10-28-19;/h6-7,9-11,13,18H,4-5,8,12H2,1-3H3,(H,28,29)(H,30,33);1H/t18-;/m1./s1. The number of nitrogens with one attached hydrogen (secondary N) is 2. The summed E-state index contributed by atoms with van der Waals surface area (Å²) >= 11 is 6.10. The number of carbonyl (C=O) groups excluding carboxylic acids is 1. The van der Waals surface area contributed by atoms with Crippen LogP contribution in [0.2, 0.25) is 5.02 Å². The summed E-state index contributed by atoms with van der Waals surface area (Å²) in [5, 5.41) is 3.23. The summed E-state index contributed by atoms with van der Waals surface area (Å²) in [6, 6.07) is 2.58. The first-order valence-electron chi connectivity index (χ1n) is 10.7. The van der Waals surface area contributed by atoms with Gasteiger partial charge in [0.1, 0.15) is 24.1 Å². The van der Waals surface area contributed by atoms with Crippen LogP contribution in [0.5, 0.6) is 0 Å². The summed E-state index contributed by atoms with van der Waals surface area (Å²) < 4.78 is 38.1. The van der Waals surface area contributed by atoms with Crippen molar-refractivity contribution in [1.29, 1.82) is 0 Å². The number of amides is 1. The van der Waals surface area contributed by atoms with Crippen molar-refractivity contribution in [1.82, 2.24) is 25.3 Å². The number of H-pyrrole nitrogens is 1. The van der Waals surface area contributed by atoms with Crippen LogP contribution < -0.4 is 10.2 Å². The highest BCUT2D eigenvalue weighted by atomic mass is 35.5. The van der Waals surface area contributed by atoms with Crippen LogP contribution in [0.1, 0.15) is 35.0 Å². The summed E-state index contributed by atoms with van der Waals surface area (Å²) in [6.07, 6.45) is 1.91. The third-order valence-corrected chi connectivity index (χ3v) is 5.33. The largest absolute Gasteiger partial charge is 0.405 e. The molecule has 11 heteroatoms. The second kappa shape index (κ2) is 10.4. The molecule has 0 saturated heterocycles. The van der Waals surface area contributed by atoms with Crippen LogP contribution >= 0.6 is 11.6 Å². The number of carbonyl (C=O) groups is 1. The quantitative estimate of drug-likeness (QED) is 0.434. The van der Waals surface area contributed by atoms with Gasteiger partial charge in [-0.25, -0.2) is 15.0 Å². The van der Waals surface area contributed by atoms with Crippen LogP contribution in [0, 0.1) is 5.92 Å². The van der Waals surface area contributed by atoms with Crippen molar-refractivity contribution < 1.29 is 19.4 Å². The van der Waals surface area contributed by atoms with Crippen molar-refractivity contribution in [2.45, 2.75) is 45.8 Å². The zero-order chi connectivity index (χ0) is 24.2. The molecule has 0 aliphatic carbocycles. The van der Waals surface area contributed by atoms with Crippen LogP contribution in [0.15, 0.2) is 30.7 Å². The van der Waals surface area contributed by atoms with E-state index in [9.17, 15) is 18.0 Å². The molecule has 33 heavy (non-hydrogen) atoms. The Hall–Kier alpha value is -2.88. The van der Waals surface area contributed by atoms with Crippen molar-refractivity contribution in [3.8, 4) is 11.4 Å². The topological polar surface area (TPSA) is 86.8 Å². The van der Waals surface area contributed by atoms with E-state index in [1.165, 1.54) is 6.20 Å². The number of fused-ring (bicyclic) bond motifs is 1. The van der Waals surface area contributed by atoms with Gasteiger partial charge in [0.05, 0.1) is 5.02 Å². The fourth-order valence-corrected chi connectivity index (χ4v) is 3.78. The molecule has 3 heterocycles. The minimum Gasteiger partial charge on any atom is -0.345 e. The molecule has 1 amide bonds. The molecule has 3 rings (SSSR count). The Morgan fingerprint density at radius 3 is 2.76 bits per heavy atom. The molecule has 0 spiro atoms. The molecule has 7 nitrogen and oxygen atoms in total. The lowest BCUT2D eigenvalue weighted by molar-refractivity contribution is -0.139. The number of aromatic amines is 1. The average Bonchev–Trinajstić information content (AvgIpc) is 3.17. The molecule has 0 aliphatic rings. The third kappa shape index (κ3) is 6.13.